The molecule has 1 aromatic heterocycles. The van der Waals surface area contributed by atoms with Gasteiger partial charge >= 0.3 is 0 Å². The summed E-state index contributed by atoms with van der Waals surface area (Å²) in [4.78, 5) is 0. The number of nitrogens with zero attached hydrogens (tertiary/aromatic N) is 1. The van der Waals surface area contributed by atoms with Gasteiger partial charge in [0.1, 0.15) is 4.21 Å². The highest BCUT2D eigenvalue weighted by atomic mass is 79.9. The normalized spacial score (nSPS) is 24.2. The zero-order valence-electron chi connectivity index (χ0n) is 10.4. The summed E-state index contributed by atoms with van der Waals surface area (Å²) >= 11 is 4.61. The van der Waals surface area contributed by atoms with Gasteiger partial charge < -0.3 is 4.74 Å². The molecule has 2 aliphatic rings. The van der Waals surface area contributed by atoms with E-state index >= 15 is 0 Å². The van der Waals surface area contributed by atoms with Gasteiger partial charge in [-0.1, -0.05) is 0 Å². The second-order valence-corrected chi connectivity index (χ2v) is 9.67. The van der Waals surface area contributed by atoms with Crippen molar-refractivity contribution < 1.29 is 13.2 Å². The molecule has 1 aliphatic heterocycles. The molecule has 0 radical (unpaired) electrons. The van der Waals surface area contributed by atoms with Crippen LogP contribution in [-0.4, -0.2) is 38.5 Å². The predicted octanol–water partition coefficient (Wildman–Crippen LogP) is 2.70. The summed E-state index contributed by atoms with van der Waals surface area (Å²) in [6.07, 6.45) is 2.94. The third kappa shape index (κ3) is 3.05. The zero-order chi connectivity index (χ0) is 13.5. The third-order valence-electron chi connectivity index (χ3n) is 3.53. The Morgan fingerprint density at radius 1 is 1.37 bits per heavy atom. The maximum atomic E-state index is 12.7. The van der Waals surface area contributed by atoms with Gasteiger partial charge in [0.15, 0.2) is 0 Å². The quantitative estimate of drug-likeness (QED) is 0.805. The molecule has 0 bridgehead atoms. The van der Waals surface area contributed by atoms with Crippen LogP contribution in [0, 0.1) is 5.92 Å². The van der Waals surface area contributed by atoms with E-state index in [9.17, 15) is 8.42 Å². The number of halogens is 1. The summed E-state index contributed by atoms with van der Waals surface area (Å²) in [6, 6.07) is 3.68. The third-order valence-corrected chi connectivity index (χ3v) is 7.54. The molecular formula is C12H16BrNO3S2. The second-order valence-electron chi connectivity index (χ2n) is 5.09. The number of rotatable bonds is 5. The van der Waals surface area contributed by atoms with Gasteiger partial charge in [0.2, 0.25) is 0 Å². The molecule has 2 heterocycles. The smallest absolute Gasteiger partial charge is 0.252 e. The number of sulfonamides is 1. The van der Waals surface area contributed by atoms with Gasteiger partial charge in [-0.2, -0.15) is 4.31 Å². The molecule has 0 spiro atoms. The summed E-state index contributed by atoms with van der Waals surface area (Å²) < 4.78 is 33.7. The van der Waals surface area contributed by atoms with Crippen LogP contribution in [0.1, 0.15) is 19.3 Å². The van der Waals surface area contributed by atoms with E-state index in [0.717, 1.165) is 29.7 Å². The number of thiophene rings is 1. The fourth-order valence-corrected chi connectivity index (χ4v) is 6.24. The highest BCUT2D eigenvalue weighted by Crippen LogP contribution is 2.36. The van der Waals surface area contributed by atoms with Crippen molar-refractivity contribution in [3.05, 3.63) is 15.9 Å². The number of ether oxygens (including phenoxy) is 1. The average Bonchev–Trinajstić information content (AvgIpc) is 2.88. The van der Waals surface area contributed by atoms with E-state index in [4.69, 9.17) is 4.74 Å². The Balaban J connectivity index is 1.82. The molecule has 0 amide bonds. The largest absolute Gasteiger partial charge is 0.381 e. The lowest BCUT2D eigenvalue weighted by Crippen LogP contribution is -2.37. The van der Waals surface area contributed by atoms with E-state index < -0.39 is 10.0 Å². The van der Waals surface area contributed by atoms with Crippen LogP contribution in [0.5, 0.6) is 0 Å². The van der Waals surface area contributed by atoms with Crippen molar-refractivity contribution in [1.82, 2.24) is 4.31 Å². The molecule has 0 aromatic carbocycles. The highest BCUT2D eigenvalue weighted by Gasteiger charge is 2.40. The van der Waals surface area contributed by atoms with Gasteiger partial charge in [0.05, 0.1) is 10.4 Å². The lowest BCUT2D eigenvalue weighted by molar-refractivity contribution is 0.180. The lowest BCUT2D eigenvalue weighted by atomic mass is 10.1. The van der Waals surface area contributed by atoms with Crippen LogP contribution >= 0.6 is 27.3 Å². The van der Waals surface area contributed by atoms with Crippen molar-refractivity contribution in [2.75, 3.05) is 19.8 Å². The maximum Gasteiger partial charge on any atom is 0.252 e. The van der Waals surface area contributed by atoms with Crippen LogP contribution in [-0.2, 0) is 14.8 Å². The molecule has 1 saturated heterocycles. The molecule has 106 valence electrons. The Morgan fingerprint density at radius 3 is 2.68 bits per heavy atom. The molecule has 4 nitrogen and oxygen atoms in total. The van der Waals surface area contributed by atoms with Gasteiger partial charge in [0.25, 0.3) is 10.0 Å². The van der Waals surface area contributed by atoms with Gasteiger partial charge in [-0.25, -0.2) is 8.42 Å². The first-order valence-electron chi connectivity index (χ1n) is 6.42. The SMILES string of the molecule is O=S(=O)(c1ccc(Br)s1)N(C[C@@H]1CCOC1)C1CC1. The first-order valence-corrected chi connectivity index (χ1v) is 9.47. The van der Waals surface area contributed by atoms with E-state index in [1.165, 1.54) is 11.3 Å². The summed E-state index contributed by atoms with van der Waals surface area (Å²) in [5, 5.41) is 0. The van der Waals surface area contributed by atoms with Crippen molar-refractivity contribution in [2.24, 2.45) is 5.92 Å². The Bertz CT molecular complexity index is 547. The summed E-state index contributed by atoms with van der Waals surface area (Å²) in [5.41, 5.74) is 0. The maximum absolute atomic E-state index is 12.7. The Labute approximate surface area is 125 Å². The van der Waals surface area contributed by atoms with Crippen molar-refractivity contribution in [3.8, 4) is 0 Å². The van der Waals surface area contributed by atoms with Gasteiger partial charge in [-0.3, -0.25) is 0 Å². The number of hydrogen-bond donors (Lipinski definition) is 0. The van der Waals surface area contributed by atoms with E-state index in [1.54, 1.807) is 16.4 Å². The molecule has 19 heavy (non-hydrogen) atoms. The van der Waals surface area contributed by atoms with Crippen LogP contribution in [0.3, 0.4) is 0 Å². The molecule has 1 aliphatic carbocycles. The fraction of sp³-hybridized carbons (Fsp3) is 0.667. The van der Waals surface area contributed by atoms with E-state index in [0.29, 0.717) is 23.3 Å². The Kier molecular flexibility index (Phi) is 4.01. The highest BCUT2D eigenvalue weighted by molar-refractivity contribution is 9.11. The van der Waals surface area contributed by atoms with Crippen molar-refractivity contribution >= 4 is 37.3 Å². The van der Waals surface area contributed by atoms with Crippen LogP contribution in [0.25, 0.3) is 0 Å². The Hall–Kier alpha value is 0.0500. The van der Waals surface area contributed by atoms with Gasteiger partial charge in [-0.15, -0.1) is 11.3 Å². The lowest BCUT2D eigenvalue weighted by Gasteiger charge is -2.23. The van der Waals surface area contributed by atoms with Crippen LogP contribution in [0.4, 0.5) is 0 Å². The molecule has 1 aromatic rings. The standard InChI is InChI=1S/C12H16BrNO3S2/c13-11-3-4-12(18-11)19(15,16)14(10-1-2-10)7-9-5-6-17-8-9/h3-4,9-10H,1-2,5-8H2/t9-/m0/s1. The van der Waals surface area contributed by atoms with Gasteiger partial charge in [-0.05, 0) is 53.2 Å². The van der Waals surface area contributed by atoms with Crippen molar-refractivity contribution in [1.29, 1.82) is 0 Å². The molecule has 1 atom stereocenters. The predicted molar refractivity (Wildman–Crippen MR) is 77.9 cm³/mol. The fourth-order valence-electron chi connectivity index (χ4n) is 2.34. The first-order chi connectivity index (χ1) is 9.07. The van der Waals surface area contributed by atoms with Crippen LogP contribution in [0.15, 0.2) is 20.1 Å². The molecule has 3 rings (SSSR count). The minimum Gasteiger partial charge on any atom is -0.381 e. The molecular weight excluding hydrogens is 350 g/mol. The monoisotopic (exact) mass is 365 g/mol. The minimum absolute atomic E-state index is 0.200. The molecule has 0 N–H and O–H groups in total. The van der Waals surface area contributed by atoms with Crippen LogP contribution < -0.4 is 0 Å². The minimum atomic E-state index is -3.34. The molecule has 7 heteroatoms. The van der Waals surface area contributed by atoms with Crippen molar-refractivity contribution in [3.63, 3.8) is 0 Å². The molecule has 1 saturated carbocycles. The van der Waals surface area contributed by atoms with Crippen molar-refractivity contribution in [2.45, 2.75) is 29.5 Å². The summed E-state index contributed by atoms with van der Waals surface area (Å²) in [5.74, 6) is 0.346. The van der Waals surface area contributed by atoms with E-state index in [-0.39, 0.29) is 6.04 Å². The van der Waals surface area contributed by atoms with E-state index in [1.807, 2.05) is 0 Å². The van der Waals surface area contributed by atoms with Crippen LogP contribution in [0.2, 0.25) is 0 Å². The molecule has 0 unspecified atom stereocenters. The van der Waals surface area contributed by atoms with Gasteiger partial charge in [0, 0.05) is 19.2 Å². The first kappa shape index (κ1) is 14.0. The zero-order valence-corrected chi connectivity index (χ0v) is 13.6. The second kappa shape index (κ2) is 5.44. The summed E-state index contributed by atoms with van der Waals surface area (Å²) in [7, 11) is -3.34. The Morgan fingerprint density at radius 2 is 2.16 bits per heavy atom. The number of hydrogen-bond acceptors (Lipinski definition) is 4. The molecule has 2 fully saturated rings. The summed E-state index contributed by atoms with van der Waals surface area (Å²) in [6.45, 7) is 2.04. The van der Waals surface area contributed by atoms with E-state index in [2.05, 4.69) is 15.9 Å². The average molecular weight is 366 g/mol. The topological polar surface area (TPSA) is 46.6 Å².